The summed E-state index contributed by atoms with van der Waals surface area (Å²) >= 11 is 1.68. The van der Waals surface area contributed by atoms with Crippen molar-refractivity contribution in [2.45, 2.75) is 6.29 Å². The van der Waals surface area contributed by atoms with Crippen LogP contribution in [0.1, 0.15) is 0 Å². The lowest BCUT2D eigenvalue weighted by atomic mass is 10.3. The van der Waals surface area contributed by atoms with E-state index in [2.05, 4.69) is 0 Å². The molecule has 0 fully saturated rings. The summed E-state index contributed by atoms with van der Waals surface area (Å²) < 4.78 is 41.1. The number of methoxy groups -OCH3 is 2. The second-order valence-electron chi connectivity index (χ2n) is 2.89. The van der Waals surface area contributed by atoms with Crippen LogP contribution >= 0.6 is 22.6 Å². The van der Waals surface area contributed by atoms with Crippen molar-refractivity contribution in [1.29, 1.82) is 0 Å². The lowest BCUT2D eigenvalue weighted by Crippen LogP contribution is -2.22. The van der Waals surface area contributed by atoms with Crippen molar-refractivity contribution in [3.63, 3.8) is 0 Å². The molecule has 0 radical (unpaired) electrons. The van der Waals surface area contributed by atoms with E-state index in [0.717, 1.165) is 6.07 Å². The van der Waals surface area contributed by atoms with Crippen LogP contribution < -0.4 is 4.74 Å². The molecule has 0 amide bonds. The zero-order chi connectivity index (χ0) is 12.1. The van der Waals surface area contributed by atoms with Gasteiger partial charge in [0, 0.05) is 14.2 Å². The minimum atomic E-state index is -0.913. The Morgan fingerprint density at radius 1 is 1.25 bits per heavy atom. The fraction of sp³-hybridized carbons (Fsp3) is 0.400. The number of hydrogen-bond acceptors (Lipinski definition) is 3. The number of benzene rings is 1. The molecule has 0 saturated heterocycles. The molecule has 0 aliphatic heterocycles. The maximum atomic E-state index is 13.2. The minimum absolute atomic E-state index is 0.101. The van der Waals surface area contributed by atoms with Crippen molar-refractivity contribution in [3.8, 4) is 5.75 Å². The molecule has 6 heteroatoms. The highest BCUT2D eigenvalue weighted by molar-refractivity contribution is 14.1. The molecule has 0 saturated carbocycles. The van der Waals surface area contributed by atoms with Crippen molar-refractivity contribution in [2.24, 2.45) is 0 Å². The van der Waals surface area contributed by atoms with Crippen molar-refractivity contribution < 1.29 is 23.0 Å². The largest absolute Gasteiger partial charge is 0.487 e. The molecule has 90 valence electrons. The third-order valence-electron chi connectivity index (χ3n) is 1.90. The Labute approximate surface area is 106 Å². The molecule has 0 heterocycles. The highest BCUT2D eigenvalue weighted by atomic mass is 127. The monoisotopic (exact) mass is 344 g/mol. The van der Waals surface area contributed by atoms with E-state index in [4.69, 9.17) is 14.2 Å². The molecule has 1 aromatic carbocycles. The summed E-state index contributed by atoms with van der Waals surface area (Å²) in [5.41, 5.74) is 0. The van der Waals surface area contributed by atoms with Gasteiger partial charge in [0.25, 0.3) is 0 Å². The summed E-state index contributed by atoms with van der Waals surface area (Å²) in [4.78, 5) is 0. The topological polar surface area (TPSA) is 27.7 Å². The van der Waals surface area contributed by atoms with Gasteiger partial charge in [-0.3, -0.25) is 0 Å². The van der Waals surface area contributed by atoms with E-state index >= 15 is 0 Å². The molecule has 0 N–H and O–H groups in total. The minimum Gasteiger partial charge on any atom is -0.487 e. The van der Waals surface area contributed by atoms with Gasteiger partial charge in [-0.15, -0.1) is 0 Å². The predicted octanol–water partition coefficient (Wildman–Crippen LogP) is 2.57. The van der Waals surface area contributed by atoms with Gasteiger partial charge >= 0.3 is 0 Å². The van der Waals surface area contributed by atoms with E-state index in [1.807, 2.05) is 0 Å². The Morgan fingerprint density at radius 2 is 1.88 bits per heavy atom. The number of halogens is 3. The van der Waals surface area contributed by atoms with Gasteiger partial charge in [-0.1, -0.05) is 0 Å². The van der Waals surface area contributed by atoms with Crippen molar-refractivity contribution in [1.82, 2.24) is 0 Å². The van der Waals surface area contributed by atoms with Gasteiger partial charge in [0.15, 0.2) is 17.9 Å². The predicted molar refractivity (Wildman–Crippen MR) is 62.4 cm³/mol. The highest BCUT2D eigenvalue weighted by Crippen LogP contribution is 2.25. The second-order valence-corrected chi connectivity index (χ2v) is 3.96. The maximum absolute atomic E-state index is 13.2. The average molecular weight is 344 g/mol. The lowest BCUT2D eigenvalue weighted by Gasteiger charge is -2.15. The third kappa shape index (κ3) is 3.26. The van der Waals surface area contributed by atoms with Gasteiger partial charge < -0.3 is 14.2 Å². The molecule has 1 aromatic rings. The summed E-state index contributed by atoms with van der Waals surface area (Å²) in [6.45, 7) is 0.105. The molecule has 0 atom stereocenters. The van der Waals surface area contributed by atoms with E-state index in [1.165, 1.54) is 20.3 Å². The summed E-state index contributed by atoms with van der Waals surface area (Å²) in [6.07, 6.45) is -0.538. The van der Waals surface area contributed by atoms with Crippen LogP contribution in [0.25, 0.3) is 0 Å². The van der Waals surface area contributed by atoms with Gasteiger partial charge in [-0.05, 0) is 34.7 Å². The van der Waals surface area contributed by atoms with Crippen LogP contribution in [0.3, 0.4) is 0 Å². The van der Waals surface area contributed by atoms with E-state index in [1.54, 1.807) is 22.6 Å². The summed E-state index contributed by atoms with van der Waals surface area (Å²) in [6, 6.07) is 2.38. The van der Waals surface area contributed by atoms with Crippen LogP contribution in [-0.2, 0) is 9.47 Å². The quantitative estimate of drug-likeness (QED) is 0.467. The Morgan fingerprint density at radius 3 is 2.44 bits per heavy atom. The van der Waals surface area contributed by atoms with E-state index in [9.17, 15) is 8.78 Å². The molecule has 0 aliphatic rings. The second kappa shape index (κ2) is 6.31. The van der Waals surface area contributed by atoms with Gasteiger partial charge in [-0.2, -0.15) is 0 Å². The van der Waals surface area contributed by atoms with Gasteiger partial charge in [0.1, 0.15) is 12.4 Å². The van der Waals surface area contributed by atoms with E-state index in [-0.39, 0.29) is 15.9 Å². The van der Waals surface area contributed by atoms with Crippen molar-refractivity contribution in [3.05, 3.63) is 27.3 Å². The molecule has 0 aromatic heterocycles. The summed E-state index contributed by atoms with van der Waals surface area (Å²) in [5.74, 6) is -1.55. The Balaban J connectivity index is 2.71. The van der Waals surface area contributed by atoms with Crippen LogP contribution in [0.5, 0.6) is 5.75 Å². The van der Waals surface area contributed by atoms with Crippen LogP contribution in [0.15, 0.2) is 12.1 Å². The zero-order valence-electron chi connectivity index (χ0n) is 8.80. The molecular formula is C10H11F2IO3. The lowest BCUT2D eigenvalue weighted by molar-refractivity contribution is -0.122. The van der Waals surface area contributed by atoms with Gasteiger partial charge in [0.05, 0.1) is 3.57 Å². The van der Waals surface area contributed by atoms with E-state index in [0.29, 0.717) is 0 Å². The first kappa shape index (κ1) is 13.6. The number of hydrogen-bond donors (Lipinski definition) is 0. The molecule has 0 unspecified atom stereocenters. The molecule has 0 bridgehead atoms. The Bertz CT molecular complexity index is 356. The average Bonchev–Trinajstić information content (AvgIpc) is 2.30. The third-order valence-corrected chi connectivity index (χ3v) is 2.91. The highest BCUT2D eigenvalue weighted by Gasteiger charge is 2.13. The van der Waals surface area contributed by atoms with E-state index < -0.39 is 17.9 Å². The molecule has 0 aliphatic carbocycles. The van der Waals surface area contributed by atoms with Gasteiger partial charge in [0.2, 0.25) is 0 Å². The fourth-order valence-electron chi connectivity index (χ4n) is 1.01. The van der Waals surface area contributed by atoms with Crippen LogP contribution in [0, 0.1) is 15.2 Å². The first-order valence-electron chi connectivity index (χ1n) is 4.42. The molecule has 1 rings (SSSR count). The molecule has 0 spiro atoms. The Hall–Kier alpha value is -0.470. The standard InChI is InChI=1S/C10H11F2IO3/c1-14-8(15-2)5-16-7-4-3-6(11)9(12)10(7)13/h3-4,8H,5H2,1-2H3. The first-order valence-corrected chi connectivity index (χ1v) is 5.50. The number of rotatable bonds is 5. The SMILES string of the molecule is COC(COc1ccc(F)c(F)c1I)OC. The van der Waals surface area contributed by atoms with Crippen molar-refractivity contribution >= 4 is 22.6 Å². The summed E-state index contributed by atoms with van der Waals surface area (Å²) in [7, 11) is 2.93. The Kier molecular flexibility index (Phi) is 5.36. The van der Waals surface area contributed by atoms with Crippen LogP contribution in [0.4, 0.5) is 8.78 Å². The molecule has 16 heavy (non-hydrogen) atoms. The number of ether oxygens (including phenoxy) is 3. The smallest absolute Gasteiger partial charge is 0.191 e. The molecular weight excluding hydrogens is 333 g/mol. The first-order chi connectivity index (χ1) is 7.60. The van der Waals surface area contributed by atoms with Crippen molar-refractivity contribution in [2.75, 3.05) is 20.8 Å². The summed E-state index contributed by atoms with van der Waals surface area (Å²) in [5, 5.41) is 0. The fourth-order valence-corrected chi connectivity index (χ4v) is 1.60. The maximum Gasteiger partial charge on any atom is 0.191 e. The van der Waals surface area contributed by atoms with Crippen LogP contribution in [0.2, 0.25) is 0 Å². The van der Waals surface area contributed by atoms with Gasteiger partial charge in [-0.25, -0.2) is 8.78 Å². The zero-order valence-corrected chi connectivity index (χ0v) is 11.0. The molecule has 3 nitrogen and oxygen atoms in total. The van der Waals surface area contributed by atoms with Crippen LogP contribution in [-0.4, -0.2) is 27.1 Å². The normalized spacial score (nSPS) is 10.9.